The van der Waals surface area contributed by atoms with Crippen LogP contribution in [0, 0.1) is 0 Å². The Balaban J connectivity index is 2.56. The molecule has 0 amide bonds. The van der Waals surface area contributed by atoms with Crippen molar-refractivity contribution in [3.05, 3.63) is 24.3 Å². The van der Waals surface area contributed by atoms with Gasteiger partial charge in [0.15, 0.2) is 0 Å². The molecule has 0 saturated heterocycles. The van der Waals surface area contributed by atoms with Gasteiger partial charge < -0.3 is 15.2 Å². The molecule has 0 saturated carbocycles. The lowest BCUT2D eigenvalue weighted by Crippen LogP contribution is -2.23. The van der Waals surface area contributed by atoms with Crippen LogP contribution in [0.2, 0.25) is 0 Å². The Morgan fingerprint density at radius 1 is 1.38 bits per heavy atom. The van der Waals surface area contributed by atoms with Gasteiger partial charge in [-0.25, -0.2) is 0 Å². The highest BCUT2D eigenvalue weighted by Gasteiger charge is 1.98. The first-order valence-electron chi connectivity index (χ1n) is 4.25. The molecule has 0 unspecified atom stereocenters. The lowest BCUT2D eigenvalue weighted by molar-refractivity contribution is 0.294. The number of benzene rings is 1. The Morgan fingerprint density at radius 2 is 2.08 bits per heavy atom. The van der Waals surface area contributed by atoms with E-state index in [1.54, 1.807) is 7.11 Å². The van der Waals surface area contributed by atoms with E-state index in [0.717, 1.165) is 11.5 Å². The maximum absolute atomic E-state index is 5.55. The van der Waals surface area contributed by atoms with Gasteiger partial charge in [0, 0.05) is 12.1 Å². The van der Waals surface area contributed by atoms with Gasteiger partial charge in [0.05, 0.1) is 7.11 Å². The summed E-state index contributed by atoms with van der Waals surface area (Å²) in [6.45, 7) is 2.42. The van der Waals surface area contributed by atoms with Crippen LogP contribution in [0.15, 0.2) is 24.3 Å². The topological polar surface area (TPSA) is 44.5 Å². The second-order valence-corrected chi connectivity index (χ2v) is 2.97. The number of nitrogens with two attached hydrogens (primary N) is 1. The van der Waals surface area contributed by atoms with E-state index in [2.05, 4.69) is 0 Å². The van der Waals surface area contributed by atoms with E-state index in [1.807, 2.05) is 31.2 Å². The number of hydrogen-bond acceptors (Lipinski definition) is 3. The minimum absolute atomic E-state index is 0.0474. The number of ether oxygens (including phenoxy) is 2. The van der Waals surface area contributed by atoms with Crippen LogP contribution in [0.5, 0.6) is 11.5 Å². The van der Waals surface area contributed by atoms with E-state index in [-0.39, 0.29) is 6.04 Å². The zero-order valence-electron chi connectivity index (χ0n) is 7.99. The Labute approximate surface area is 78.5 Å². The normalized spacial score (nSPS) is 12.2. The zero-order chi connectivity index (χ0) is 9.68. The fourth-order valence-electron chi connectivity index (χ4n) is 0.919. The van der Waals surface area contributed by atoms with Crippen LogP contribution in [0.25, 0.3) is 0 Å². The highest BCUT2D eigenvalue weighted by atomic mass is 16.5. The SMILES string of the molecule is COc1cccc(OC[C@@H](C)N)c1. The first-order chi connectivity index (χ1) is 6.22. The lowest BCUT2D eigenvalue weighted by atomic mass is 10.3. The summed E-state index contributed by atoms with van der Waals surface area (Å²) >= 11 is 0. The van der Waals surface area contributed by atoms with Gasteiger partial charge in [-0.05, 0) is 19.1 Å². The molecule has 3 nitrogen and oxygen atoms in total. The summed E-state index contributed by atoms with van der Waals surface area (Å²) in [5.74, 6) is 1.58. The lowest BCUT2D eigenvalue weighted by Gasteiger charge is -2.09. The standard InChI is InChI=1S/C10H15NO2/c1-8(11)7-13-10-5-3-4-9(6-10)12-2/h3-6,8H,7,11H2,1-2H3/t8-/m1/s1. The summed E-state index contributed by atoms with van der Waals surface area (Å²) in [7, 11) is 1.63. The molecule has 72 valence electrons. The van der Waals surface area contributed by atoms with Crippen molar-refractivity contribution in [1.29, 1.82) is 0 Å². The van der Waals surface area contributed by atoms with Crippen LogP contribution in [0.3, 0.4) is 0 Å². The van der Waals surface area contributed by atoms with Gasteiger partial charge in [0.2, 0.25) is 0 Å². The monoisotopic (exact) mass is 181 g/mol. The maximum atomic E-state index is 5.55. The Bertz CT molecular complexity index is 261. The molecule has 0 radical (unpaired) electrons. The van der Waals surface area contributed by atoms with Crippen LogP contribution in [-0.2, 0) is 0 Å². The van der Waals surface area contributed by atoms with Crippen molar-refractivity contribution in [2.75, 3.05) is 13.7 Å². The predicted octanol–water partition coefficient (Wildman–Crippen LogP) is 1.42. The average molecular weight is 181 g/mol. The smallest absolute Gasteiger partial charge is 0.123 e. The van der Waals surface area contributed by atoms with E-state index >= 15 is 0 Å². The molecular formula is C10H15NO2. The van der Waals surface area contributed by atoms with E-state index in [4.69, 9.17) is 15.2 Å². The molecule has 1 aromatic carbocycles. The maximum Gasteiger partial charge on any atom is 0.123 e. The Morgan fingerprint density at radius 3 is 2.69 bits per heavy atom. The third kappa shape index (κ3) is 3.34. The van der Waals surface area contributed by atoms with E-state index < -0.39 is 0 Å². The molecule has 0 bridgehead atoms. The fraction of sp³-hybridized carbons (Fsp3) is 0.400. The third-order valence-corrected chi connectivity index (χ3v) is 1.55. The zero-order valence-corrected chi connectivity index (χ0v) is 7.99. The van der Waals surface area contributed by atoms with Crippen LogP contribution >= 0.6 is 0 Å². The molecule has 0 aromatic heterocycles. The molecule has 1 aromatic rings. The number of methoxy groups -OCH3 is 1. The van der Waals surface area contributed by atoms with Crippen molar-refractivity contribution in [2.45, 2.75) is 13.0 Å². The molecule has 0 aliphatic carbocycles. The van der Waals surface area contributed by atoms with Gasteiger partial charge in [0.25, 0.3) is 0 Å². The van der Waals surface area contributed by atoms with E-state index in [9.17, 15) is 0 Å². The largest absolute Gasteiger partial charge is 0.497 e. The summed E-state index contributed by atoms with van der Waals surface area (Å²) in [5.41, 5.74) is 5.55. The van der Waals surface area contributed by atoms with Crippen molar-refractivity contribution in [1.82, 2.24) is 0 Å². The summed E-state index contributed by atoms with van der Waals surface area (Å²) in [4.78, 5) is 0. The number of rotatable bonds is 4. The van der Waals surface area contributed by atoms with Crippen LogP contribution < -0.4 is 15.2 Å². The van der Waals surface area contributed by atoms with Crippen molar-refractivity contribution >= 4 is 0 Å². The molecule has 1 atom stereocenters. The first kappa shape index (κ1) is 9.86. The molecule has 0 fully saturated rings. The molecule has 0 heterocycles. The van der Waals surface area contributed by atoms with Crippen LogP contribution in [0.1, 0.15) is 6.92 Å². The highest BCUT2D eigenvalue weighted by Crippen LogP contribution is 2.18. The van der Waals surface area contributed by atoms with E-state index in [0.29, 0.717) is 6.61 Å². The quantitative estimate of drug-likeness (QED) is 0.764. The molecule has 0 aliphatic heterocycles. The van der Waals surface area contributed by atoms with Crippen molar-refractivity contribution in [3.8, 4) is 11.5 Å². The molecule has 2 N–H and O–H groups in total. The second-order valence-electron chi connectivity index (χ2n) is 2.97. The summed E-state index contributed by atoms with van der Waals surface area (Å²) in [6.07, 6.45) is 0. The van der Waals surface area contributed by atoms with Gasteiger partial charge in [-0.1, -0.05) is 6.07 Å². The second kappa shape index (κ2) is 4.72. The van der Waals surface area contributed by atoms with Crippen molar-refractivity contribution in [2.24, 2.45) is 5.73 Å². The summed E-state index contributed by atoms with van der Waals surface area (Å²) in [6, 6.07) is 7.52. The molecule has 1 rings (SSSR count). The first-order valence-corrected chi connectivity index (χ1v) is 4.25. The Kier molecular flexibility index (Phi) is 3.58. The van der Waals surface area contributed by atoms with Gasteiger partial charge in [-0.2, -0.15) is 0 Å². The minimum Gasteiger partial charge on any atom is -0.497 e. The van der Waals surface area contributed by atoms with Crippen LogP contribution in [0.4, 0.5) is 0 Å². The van der Waals surface area contributed by atoms with Crippen molar-refractivity contribution in [3.63, 3.8) is 0 Å². The molecular weight excluding hydrogens is 166 g/mol. The van der Waals surface area contributed by atoms with Gasteiger partial charge >= 0.3 is 0 Å². The van der Waals surface area contributed by atoms with Crippen LogP contribution in [-0.4, -0.2) is 19.8 Å². The molecule has 13 heavy (non-hydrogen) atoms. The Hall–Kier alpha value is -1.22. The average Bonchev–Trinajstić information content (AvgIpc) is 2.15. The summed E-state index contributed by atoms with van der Waals surface area (Å²) < 4.78 is 10.5. The van der Waals surface area contributed by atoms with Gasteiger partial charge in [-0.3, -0.25) is 0 Å². The van der Waals surface area contributed by atoms with E-state index in [1.165, 1.54) is 0 Å². The minimum atomic E-state index is 0.0474. The molecule has 3 heteroatoms. The van der Waals surface area contributed by atoms with Crippen molar-refractivity contribution < 1.29 is 9.47 Å². The third-order valence-electron chi connectivity index (χ3n) is 1.55. The fourth-order valence-corrected chi connectivity index (χ4v) is 0.919. The highest BCUT2D eigenvalue weighted by molar-refractivity contribution is 5.32. The van der Waals surface area contributed by atoms with Gasteiger partial charge in [-0.15, -0.1) is 0 Å². The van der Waals surface area contributed by atoms with Gasteiger partial charge in [0.1, 0.15) is 18.1 Å². The predicted molar refractivity (Wildman–Crippen MR) is 52.1 cm³/mol. The molecule has 0 spiro atoms. The number of hydrogen-bond donors (Lipinski definition) is 1. The molecule has 0 aliphatic rings. The summed E-state index contributed by atoms with van der Waals surface area (Å²) in [5, 5.41) is 0.